The van der Waals surface area contributed by atoms with Crippen molar-refractivity contribution in [2.75, 3.05) is 0 Å². The van der Waals surface area contributed by atoms with Crippen molar-refractivity contribution >= 4 is 12.2 Å². The van der Waals surface area contributed by atoms with Crippen LogP contribution in [-0.4, -0.2) is 12.2 Å². The second-order valence-corrected chi connectivity index (χ2v) is 1.00. The van der Waals surface area contributed by atoms with Gasteiger partial charge in [0, 0.05) is 5.92 Å². The van der Waals surface area contributed by atoms with E-state index in [1.807, 2.05) is 11.8 Å². The second kappa shape index (κ2) is 4.42. The van der Waals surface area contributed by atoms with Gasteiger partial charge in [0.15, 0.2) is 6.29 Å². The van der Waals surface area contributed by atoms with Crippen molar-refractivity contribution < 1.29 is 9.59 Å². The number of amides is 1. The van der Waals surface area contributed by atoms with Crippen LogP contribution in [0.2, 0.25) is 0 Å². The number of primary amides is 1. The molecule has 3 heteroatoms. The minimum absolute atomic E-state index is 0.385. The Hall–Kier alpha value is -1.74. The molecule has 0 rings (SSSR count). The number of hydrogen-bond donors (Lipinski definition) is 1. The zero-order chi connectivity index (χ0) is 7.11. The molecule has 0 aliphatic heterocycles. The normalized spacial score (nSPS) is 5.33. The highest BCUT2D eigenvalue weighted by Crippen LogP contribution is 1.50. The van der Waals surface area contributed by atoms with Gasteiger partial charge >= 0.3 is 0 Å². The predicted molar refractivity (Wildman–Crippen MR) is 30.8 cm³/mol. The molecule has 0 saturated heterocycles. The van der Waals surface area contributed by atoms with Crippen LogP contribution in [0.1, 0.15) is 0 Å². The average molecular weight is 121 g/mol. The molecule has 0 saturated carbocycles. The van der Waals surface area contributed by atoms with Gasteiger partial charge in [0.1, 0.15) is 0 Å². The molecule has 3 nitrogen and oxygen atoms in total. The highest BCUT2D eigenvalue weighted by molar-refractivity contribution is 5.92. The van der Waals surface area contributed by atoms with Crippen LogP contribution in [0.15, 0.2) is 0 Å². The molecular weight excluding hydrogens is 118 g/mol. The van der Waals surface area contributed by atoms with E-state index in [2.05, 4.69) is 17.6 Å². The minimum Gasteiger partial charge on any atom is -0.359 e. The molecule has 0 fully saturated rings. The molecule has 0 bridgehead atoms. The first-order valence-electron chi connectivity index (χ1n) is 2.02. The van der Waals surface area contributed by atoms with Crippen LogP contribution >= 0.6 is 0 Å². The van der Waals surface area contributed by atoms with E-state index < -0.39 is 5.91 Å². The van der Waals surface area contributed by atoms with Gasteiger partial charge in [-0.3, -0.25) is 9.59 Å². The molecule has 2 N–H and O–H groups in total. The monoisotopic (exact) mass is 121 g/mol. The fraction of sp³-hybridized carbons (Fsp3) is 0. The van der Waals surface area contributed by atoms with Crippen molar-refractivity contribution in [1.29, 1.82) is 0 Å². The van der Waals surface area contributed by atoms with Gasteiger partial charge in [-0.1, -0.05) is 0 Å². The number of carbonyl (C=O) groups excluding carboxylic acids is 2. The van der Waals surface area contributed by atoms with Gasteiger partial charge in [-0.05, 0) is 17.8 Å². The third-order valence-electron chi connectivity index (χ3n) is 0.379. The number of rotatable bonds is 0. The highest BCUT2D eigenvalue weighted by atomic mass is 16.1. The molecule has 0 unspecified atom stereocenters. The third-order valence-corrected chi connectivity index (χ3v) is 0.379. The van der Waals surface area contributed by atoms with Crippen LogP contribution in [0.5, 0.6) is 0 Å². The van der Waals surface area contributed by atoms with Crippen molar-refractivity contribution in [2.24, 2.45) is 5.73 Å². The molecule has 0 aliphatic carbocycles. The van der Waals surface area contributed by atoms with E-state index in [-0.39, 0.29) is 0 Å². The number of nitrogens with two attached hydrogens (primary N) is 1. The van der Waals surface area contributed by atoms with Gasteiger partial charge < -0.3 is 5.73 Å². The van der Waals surface area contributed by atoms with Crippen LogP contribution in [-0.2, 0) is 9.59 Å². The van der Waals surface area contributed by atoms with Gasteiger partial charge in [-0.15, -0.1) is 0 Å². The minimum atomic E-state index is -0.754. The smallest absolute Gasteiger partial charge is 0.294 e. The molecular formula is C6H3NO2. The van der Waals surface area contributed by atoms with Crippen LogP contribution in [0.4, 0.5) is 0 Å². The summed E-state index contributed by atoms with van der Waals surface area (Å²) >= 11 is 0. The van der Waals surface area contributed by atoms with Crippen LogP contribution in [0, 0.1) is 23.7 Å². The van der Waals surface area contributed by atoms with E-state index in [4.69, 9.17) is 0 Å². The standard InChI is InChI=1S/C6H3NO2/c7-6(9)4-2-1-3-5-8/h5H,(H2,7,9). The van der Waals surface area contributed by atoms with Crippen LogP contribution in [0.3, 0.4) is 0 Å². The first-order chi connectivity index (χ1) is 4.27. The molecule has 0 radical (unpaired) electrons. The van der Waals surface area contributed by atoms with Crippen molar-refractivity contribution in [2.45, 2.75) is 0 Å². The van der Waals surface area contributed by atoms with Gasteiger partial charge in [0.05, 0.1) is 0 Å². The maximum atomic E-state index is 9.85. The lowest BCUT2D eigenvalue weighted by molar-refractivity contribution is -0.112. The first-order valence-corrected chi connectivity index (χ1v) is 2.02. The lowest BCUT2D eigenvalue weighted by Gasteiger charge is -1.64. The molecule has 44 valence electrons. The van der Waals surface area contributed by atoms with Crippen molar-refractivity contribution in [3.63, 3.8) is 0 Å². The van der Waals surface area contributed by atoms with E-state index in [0.29, 0.717) is 6.29 Å². The van der Waals surface area contributed by atoms with Crippen LogP contribution in [0.25, 0.3) is 0 Å². The lowest BCUT2D eigenvalue weighted by atomic mass is 10.5. The molecule has 0 heterocycles. The van der Waals surface area contributed by atoms with Gasteiger partial charge in [-0.2, -0.15) is 0 Å². The molecule has 1 amide bonds. The van der Waals surface area contributed by atoms with Crippen LogP contribution < -0.4 is 5.73 Å². The first kappa shape index (κ1) is 7.26. The maximum Gasteiger partial charge on any atom is 0.294 e. The quantitative estimate of drug-likeness (QED) is 0.319. The summed E-state index contributed by atoms with van der Waals surface area (Å²) in [4.78, 5) is 19.3. The van der Waals surface area contributed by atoms with Gasteiger partial charge in [0.2, 0.25) is 0 Å². The van der Waals surface area contributed by atoms with Crippen molar-refractivity contribution in [1.82, 2.24) is 0 Å². The number of carbonyl (C=O) groups is 2. The predicted octanol–water partition coefficient (Wildman–Crippen LogP) is -1.32. The molecule has 0 aromatic rings. The largest absolute Gasteiger partial charge is 0.359 e. The Morgan fingerprint density at radius 2 is 2.11 bits per heavy atom. The fourth-order valence-electron chi connectivity index (χ4n) is 0.158. The molecule has 0 aromatic heterocycles. The Bertz CT molecular complexity index is 233. The Balaban J connectivity index is 3.90. The molecule has 0 atom stereocenters. The summed E-state index contributed by atoms with van der Waals surface area (Å²) in [7, 11) is 0. The summed E-state index contributed by atoms with van der Waals surface area (Å²) < 4.78 is 0. The molecule has 9 heavy (non-hydrogen) atoms. The van der Waals surface area contributed by atoms with E-state index in [1.165, 1.54) is 0 Å². The fourth-order valence-corrected chi connectivity index (χ4v) is 0.158. The summed E-state index contributed by atoms with van der Waals surface area (Å²) in [6.07, 6.45) is 0.385. The summed E-state index contributed by atoms with van der Waals surface area (Å²) in [6, 6.07) is 0. The van der Waals surface area contributed by atoms with Gasteiger partial charge in [0.25, 0.3) is 5.91 Å². The average Bonchev–Trinajstić information content (AvgIpc) is 1.80. The maximum absolute atomic E-state index is 9.85. The van der Waals surface area contributed by atoms with Gasteiger partial charge in [-0.25, -0.2) is 0 Å². The highest BCUT2D eigenvalue weighted by Gasteiger charge is 1.74. The third kappa shape index (κ3) is 6.26. The van der Waals surface area contributed by atoms with E-state index in [9.17, 15) is 9.59 Å². The van der Waals surface area contributed by atoms with E-state index >= 15 is 0 Å². The topological polar surface area (TPSA) is 60.2 Å². The second-order valence-electron chi connectivity index (χ2n) is 1.00. The summed E-state index contributed by atoms with van der Waals surface area (Å²) in [5.74, 6) is 7.33. The Morgan fingerprint density at radius 3 is 2.56 bits per heavy atom. The van der Waals surface area contributed by atoms with E-state index in [0.717, 1.165) is 0 Å². The number of aldehydes is 1. The molecule has 0 aliphatic rings. The molecule has 0 spiro atoms. The summed E-state index contributed by atoms with van der Waals surface area (Å²) in [5, 5.41) is 0. The zero-order valence-corrected chi connectivity index (χ0v) is 4.47. The van der Waals surface area contributed by atoms with Crippen molar-refractivity contribution in [3.8, 4) is 23.7 Å². The number of hydrogen-bond acceptors (Lipinski definition) is 2. The Kier molecular flexibility index (Phi) is 3.57. The summed E-state index contributed by atoms with van der Waals surface area (Å²) in [6.45, 7) is 0. The lowest BCUT2D eigenvalue weighted by Crippen LogP contribution is -2.05. The van der Waals surface area contributed by atoms with Crippen molar-refractivity contribution in [3.05, 3.63) is 0 Å². The zero-order valence-electron chi connectivity index (χ0n) is 4.47. The Morgan fingerprint density at radius 1 is 1.44 bits per heavy atom. The van der Waals surface area contributed by atoms with E-state index in [1.54, 1.807) is 0 Å². The Labute approximate surface area is 52.2 Å². The SMILES string of the molecule is NC(=O)C#CC#CC=O. The summed E-state index contributed by atoms with van der Waals surface area (Å²) in [5.41, 5.74) is 4.61. The molecule has 0 aromatic carbocycles.